The largest absolute Gasteiger partial charge is 0.491 e. The van der Waals surface area contributed by atoms with Crippen LogP contribution < -0.4 is 10.1 Å². The van der Waals surface area contributed by atoms with E-state index in [9.17, 15) is 0 Å². The average molecular weight is 254 g/mol. The maximum Gasteiger partial charge on any atom is 0.127 e. The van der Waals surface area contributed by atoms with Crippen LogP contribution >= 0.6 is 0 Å². The molecule has 1 N–H and O–H groups in total. The summed E-state index contributed by atoms with van der Waals surface area (Å²) in [6.07, 6.45) is 6.08. The predicted molar refractivity (Wildman–Crippen MR) is 76.2 cm³/mol. The number of nitrogens with zero attached hydrogens (tertiary/aromatic N) is 1. The van der Waals surface area contributed by atoms with Crippen molar-refractivity contribution in [2.45, 2.75) is 18.9 Å². The lowest BCUT2D eigenvalue weighted by atomic mass is 10.1. The molecule has 1 fully saturated rings. The Bertz CT molecular complexity index is 521. The van der Waals surface area contributed by atoms with Gasteiger partial charge in [-0.25, -0.2) is 0 Å². The van der Waals surface area contributed by atoms with Gasteiger partial charge in [0.05, 0.1) is 0 Å². The highest BCUT2D eigenvalue weighted by Gasteiger charge is 2.15. The van der Waals surface area contributed by atoms with Crippen molar-refractivity contribution in [1.82, 2.24) is 10.3 Å². The summed E-state index contributed by atoms with van der Waals surface area (Å²) in [5.74, 6) is 0.947. The molecule has 2 aromatic rings. The maximum atomic E-state index is 5.99. The molecule has 0 radical (unpaired) electrons. The first kappa shape index (κ1) is 12.2. The van der Waals surface area contributed by atoms with Gasteiger partial charge in [0.15, 0.2) is 0 Å². The number of ether oxygens (including phenoxy) is 1. The van der Waals surface area contributed by atoms with Gasteiger partial charge in [-0.05, 0) is 43.1 Å². The molecule has 1 aromatic heterocycles. The standard InChI is InChI=1S/C16H18N2O/c1-2-6-16(19-12-14-4-3-9-18-14)15(5-1)13-7-10-17-11-8-13/h1-2,5-8,10-11,14,18H,3-4,9,12H2. The summed E-state index contributed by atoms with van der Waals surface area (Å²) in [4.78, 5) is 4.06. The SMILES string of the molecule is c1ccc(-c2ccncc2)c(OCC2CCCN2)c1. The van der Waals surface area contributed by atoms with E-state index in [0.29, 0.717) is 6.04 Å². The summed E-state index contributed by atoms with van der Waals surface area (Å²) in [7, 11) is 0. The Hall–Kier alpha value is -1.87. The van der Waals surface area contributed by atoms with E-state index in [2.05, 4.69) is 16.4 Å². The maximum absolute atomic E-state index is 5.99. The number of aromatic nitrogens is 1. The van der Waals surface area contributed by atoms with E-state index in [4.69, 9.17) is 4.74 Å². The van der Waals surface area contributed by atoms with Gasteiger partial charge in [-0.1, -0.05) is 18.2 Å². The van der Waals surface area contributed by atoms with Crippen LogP contribution in [-0.2, 0) is 0 Å². The number of nitrogens with one attached hydrogen (secondary N) is 1. The Labute approximate surface area is 113 Å². The molecule has 0 amide bonds. The molecule has 0 saturated carbocycles. The smallest absolute Gasteiger partial charge is 0.127 e. The second-order valence-electron chi connectivity index (χ2n) is 4.84. The normalized spacial score (nSPS) is 18.4. The van der Waals surface area contributed by atoms with Gasteiger partial charge in [0.1, 0.15) is 12.4 Å². The molecule has 1 unspecified atom stereocenters. The highest BCUT2D eigenvalue weighted by atomic mass is 16.5. The first-order chi connectivity index (χ1) is 9.43. The molecule has 1 saturated heterocycles. The first-order valence-electron chi connectivity index (χ1n) is 6.79. The predicted octanol–water partition coefficient (Wildman–Crippen LogP) is 2.88. The fourth-order valence-electron chi connectivity index (χ4n) is 2.45. The second kappa shape index (κ2) is 5.85. The molecule has 19 heavy (non-hydrogen) atoms. The van der Waals surface area contributed by atoms with Gasteiger partial charge in [0.2, 0.25) is 0 Å². The van der Waals surface area contributed by atoms with Crippen molar-refractivity contribution in [3.8, 4) is 16.9 Å². The van der Waals surface area contributed by atoms with Crippen LogP contribution in [0.4, 0.5) is 0 Å². The van der Waals surface area contributed by atoms with Crippen molar-refractivity contribution in [2.24, 2.45) is 0 Å². The Morgan fingerprint density at radius 3 is 2.79 bits per heavy atom. The molecule has 1 aliphatic heterocycles. The Kier molecular flexibility index (Phi) is 3.75. The molecule has 2 heterocycles. The summed E-state index contributed by atoms with van der Waals surface area (Å²) in [5, 5.41) is 3.45. The molecule has 0 spiro atoms. The minimum atomic E-state index is 0.491. The van der Waals surface area contributed by atoms with Crippen LogP contribution in [0.3, 0.4) is 0 Å². The zero-order valence-electron chi connectivity index (χ0n) is 10.9. The van der Waals surface area contributed by atoms with Gasteiger partial charge in [0, 0.05) is 24.0 Å². The Balaban J connectivity index is 1.77. The van der Waals surface area contributed by atoms with Crippen molar-refractivity contribution in [1.29, 1.82) is 0 Å². The van der Waals surface area contributed by atoms with Crippen molar-refractivity contribution in [3.05, 3.63) is 48.8 Å². The number of hydrogen-bond acceptors (Lipinski definition) is 3. The van der Waals surface area contributed by atoms with Crippen molar-refractivity contribution in [3.63, 3.8) is 0 Å². The molecule has 1 aromatic carbocycles. The Morgan fingerprint density at radius 1 is 1.16 bits per heavy atom. The number of rotatable bonds is 4. The number of pyridine rings is 1. The van der Waals surface area contributed by atoms with Gasteiger partial charge >= 0.3 is 0 Å². The summed E-state index contributed by atoms with van der Waals surface area (Å²) in [5.41, 5.74) is 2.27. The number of benzene rings is 1. The molecule has 98 valence electrons. The fourth-order valence-corrected chi connectivity index (χ4v) is 2.45. The summed E-state index contributed by atoms with van der Waals surface area (Å²) < 4.78 is 5.99. The van der Waals surface area contributed by atoms with Crippen LogP contribution in [0.5, 0.6) is 5.75 Å². The van der Waals surface area contributed by atoms with Gasteiger partial charge in [-0.15, -0.1) is 0 Å². The molecule has 1 atom stereocenters. The minimum absolute atomic E-state index is 0.491. The summed E-state index contributed by atoms with van der Waals surface area (Å²) in [6.45, 7) is 1.85. The van der Waals surface area contributed by atoms with Crippen LogP contribution in [0.15, 0.2) is 48.8 Å². The van der Waals surface area contributed by atoms with Crippen LogP contribution in [0, 0.1) is 0 Å². The van der Waals surface area contributed by atoms with E-state index in [1.165, 1.54) is 12.8 Å². The monoisotopic (exact) mass is 254 g/mol. The molecule has 3 rings (SSSR count). The number of para-hydroxylation sites is 1. The molecular weight excluding hydrogens is 236 g/mol. The van der Waals surface area contributed by atoms with E-state index in [1.54, 1.807) is 0 Å². The van der Waals surface area contributed by atoms with Gasteiger partial charge in [-0.2, -0.15) is 0 Å². The van der Waals surface area contributed by atoms with E-state index in [1.807, 2.05) is 42.7 Å². The lowest BCUT2D eigenvalue weighted by Crippen LogP contribution is -2.28. The topological polar surface area (TPSA) is 34.1 Å². The number of hydrogen-bond donors (Lipinski definition) is 1. The lowest BCUT2D eigenvalue weighted by molar-refractivity contribution is 0.278. The van der Waals surface area contributed by atoms with Crippen LogP contribution in [-0.4, -0.2) is 24.2 Å². The van der Waals surface area contributed by atoms with E-state index < -0.39 is 0 Å². The average Bonchev–Trinajstić information content (AvgIpc) is 3.00. The minimum Gasteiger partial charge on any atom is -0.491 e. The lowest BCUT2D eigenvalue weighted by Gasteiger charge is -2.15. The summed E-state index contributed by atoms with van der Waals surface area (Å²) >= 11 is 0. The fraction of sp³-hybridized carbons (Fsp3) is 0.312. The van der Waals surface area contributed by atoms with Crippen LogP contribution in [0.2, 0.25) is 0 Å². The van der Waals surface area contributed by atoms with E-state index in [-0.39, 0.29) is 0 Å². The second-order valence-corrected chi connectivity index (χ2v) is 4.84. The summed E-state index contributed by atoms with van der Waals surface area (Å²) in [6, 6.07) is 12.7. The van der Waals surface area contributed by atoms with Crippen molar-refractivity contribution < 1.29 is 4.74 Å². The van der Waals surface area contributed by atoms with E-state index >= 15 is 0 Å². The quantitative estimate of drug-likeness (QED) is 0.911. The molecule has 0 aliphatic carbocycles. The molecule has 3 heteroatoms. The highest BCUT2D eigenvalue weighted by molar-refractivity contribution is 5.69. The van der Waals surface area contributed by atoms with Crippen LogP contribution in [0.1, 0.15) is 12.8 Å². The van der Waals surface area contributed by atoms with Gasteiger partial charge < -0.3 is 10.1 Å². The van der Waals surface area contributed by atoms with Crippen molar-refractivity contribution in [2.75, 3.05) is 13.2 Å². The third-order valence-electron chi connectivity index (χ3n) is 3.48. The molecular formula is C16H18N2O. The molecule has 1 aliphatic rings. The highest BCUT2D eigenvalue weighted by Crippen LogP contribution is 2.29. The van der Waals surface area contributed by atoms with Crippen molar-refractivity contribution >= 4 is 0 Å². The van der Waals surface area contributed by atoms with Crippen LogP contribution in [0.25, 0.3) is 11.1 Å². The third kappa shape index (κ3) is 2.93. The van der Waals surface area contributed by atoms with Gasteiger partial charge in [-0.3, -0.25) is 4.98 Å². The Morgan fingerprint density at radius 2 is 2.00 bits per heavy atom. The molecule has 0 bridgehead atoms. The molecule has 3 nitrogen and oxygen atoms in total. The zero-order valence-corrected chi connectivity index (χ0v) is 10.9. The van der Waals surface area contributed by atoms with Gasteiger partial charge in [0.25, 0.3) is 0 Å². The van der Waals surface area contributed by atoms with E-state index in [0.717, 1.165) is 30.0 Å². The first-order valence-corrected chi connectivity index (χ1v) is 6.79. The third-order valence-corrected chi connectivity index (χ3v) is 3.48. The zero-order chi connectivity index (χ0) is 12.9.